The van der Waals surface area contributed by atoms with Gasteiger partial charge in [0.05, 0.1) is 18.3 Å². The first-order chi connectivity index (χ1) is 12.9. The summed E-state index contributed by atoms with van der Waals surface area (Å²) in [6.45, 7) is 5.37. The molecule has 8 heteroatoms. The van der Waals surface area contributed by atoms with Crippen molar-refractivity contribution in [1.29, 1.82) is 0 Å². The van der Waals surface area contributed by atoms with Crippen LogP contribution in [0.3, 0.4) is 0 Å². The van der Waals surface area contributed by atoms with Crippen molar-refractivity contribution in [2.45, 2.75) is 83.0 Å². The molecule has 0 aliphatic carbocycles. The Labute approximate surface area is 161 Å². The summed E-state index contributed by atoms with van der Waals surface area (Å²) in [5.41, 5.74) is -1.49. The third kappa shape index (κ3) is 4.77. The van der Waals surface area contributed by atoms with Gasteiger partial charge in [0.15, 0.2) is 0 Å². The largest absolute Gasteiger partial charge is 0.444 e. The Morgan fingerprint density at radius 1 is 1.14 bits per heavy atom. The zero-order valence-electron chi connectivity index (χ0n) is 16.2. The Bertz CT molecular complexity index is 715. The molecule has 0 spiro atoms. The maximum absolute atomic E-state index is 14.0. The van der Waals surface area contributed by atoms with Crippen LogP contribution in [0.2, 0.25) is 0 Å². The molecule has 1 aromatic carbocycles. The predicted molar refractivity (Wildman–Crippen MR) is 94.1 cm³/mol. The molecule has 3 rings (SSSR count). The third-order valence-corrected chi connectivity index (χ3v) is 5.15. The number of rotatable bonds is 3. The molecule has 2 unspecified atom stereocenters. The van der Waals surface area contributed by atoms with Crippen molar-refractivity contribution >= 4 is 6.09 Å². The minimum atomic E-state index is -4.58. The molecule has 0 radical (unpaired) electrons. The van der Waals surface area contributed by atoms with Crippen LogP contribution in [0.15, 0.2) is 18.2 Å². The van der Waals surface area contributed by atoms with Crippen molar-refractivity contribution in [1.82, 2.24) is 4.90 Å². The van der Waals surface area contributed by atoms with Gasteiger partial charge in [-0.1, -0.05) is 6.07 Å². The average Bonchev–Trinajstić information content (AvgIpc) is 2.82. The number of alkyl halides is 3. The molecule has 1 amide bonds. The Hall–Kier alpha value is -1.83. The lowest BCUT2D eigenvalue weighted by Crippen LogP contribution is -2.50. The van der Waals surface area contributed by atoms with E-state index in [4.69, 9.17) is 9.47 Å². The Morgan fingerprint density at radius 2 is 1.75 bits per heavy atom. The van der Waals surface area contributed by atoms with Gasteiger partial charge in [0, 0.05) is 17.6 Å². The Balaban J connectivity index is 1.58. The second-order valence-corrected chi connectivity index (χ2v) is 8.48. The van der Waals surface area contributed by atoms with E-state index in [1.807, 2.05) is 20.8 Å². The van der Waals surface area contributed by atoms with Crippen LogP contribution >= 0.6 is 0 Å². The molecule has 2 bridgehead atoms. The van der Waals surface area contributed by atoms with Crippen LogP contribution in [0, 0.1) is 5.82 Å². The number of carbonyl (C=O) groups is 1. The van der Waals surface area contributed by atoms with Crippen LogP contribution in [-0.2, 0) is 22.3 Å². The minimum Gasteiger partial charge on any atom is -0.444 e. The van der Waals surface area contributed by atoms with E-state index in [0.29, 0.717) is 18.9 Å². The maximum atomic E-state index is 14.0. The summed E-state index contributed by atoms with van der Waals surface area (Å²) in [6, 6.07) is 2.49. The van der Waals surface area contributed by atoms with Crippen molar-refractivity contribution in [3.05, 3.63) is 35.1 Å². The van der Waals surface area contributed by atoms with Crippen molar-refractivity contribution < 1.29 is 31.8 Å². The second-order valence-electron chi connectivity index (χ2n) is 8.48. The maximum Gasteiger partial charge on any atom is 0.416 e. The van der Waals surface area contributed by atoms with Crippen LogP contribution in [0.4, 0.5) is 22.4 Å². The predicted octanol–water partition coefficient (Wildman–Crippen LogP) is 5.29. The van der Waals surface area contributed by atoms with E-state index in [-0.39, 0.29) is 36.5 Å². The number of carbonyl (C=O) groups excluding carboxylic acids is 1. The van der Waals surface area contributed by atoms with Gasteiger partial charge in [-0.15, -0.1) is 0 Å². The number of piperidine rings is 1. The van der Waals surface area contributed by atoms with Gasteiger partial charge in [-0.2, -0.15) is 13.2 Å². The number of hydrogen-bond acceptors (Lipinski definition) is 3. The van der Waals surface area contributed by atoms with Crippen LogP contribution in [0.25, 0.3) is 0 Å². The third-order valence-electron chi connectivity index (χ3n) is 5.15. The molecule has 2 aliphatic rings. The summed E-state index contributed by atoms with van der Waals surface area (Å²) in [4.78, 5) is 14.2. The van der Waals surface area contributed by atoms with Crippen LogP contribution in [0.5, 0.6) is 0 Å². The highest BCUT2D eigenvalue weighted by atomic mass is 19.4. The number of benzene rings is 1. The van der Waals surface area contributed by atoms with E-state index >= 15 is 0 Å². The second kappa shape index (κ2) is 7.54. The number of ether oxygens (including phenoxy) is 2. The summed E-state index contributed by atoms with van der Waals surface area (Å²) in [6.07, 6.45) is -2.13. The highest BCUT2D eigenvalue weighted by Crippen LogP contribution is 2.38. The lowest BCUT2D eigenvalue weighted by atomic mass is 10.00. The van der Waals surface area contributed by atoms with Crippen LogP contribution in [0.1, 0.15) is 57.6 Å². The molecule has 4 nitrogen and oxygen atoms in total. The fourth-order valence-electron chi connectivity index (χ4n) is 3.92. The Morgan fingerprint density at radius 3 is 2.25 bits per heavy atom. The number of halogens is 4. The first-order valence-corrected chi connectivity index (χ1v) is 9.42. The van der Waals surface area contributed by atoms with Crippen molar-refractivity contribution in [2.24, 2.45) is 0 Å². The normalized spacial score (nSPS) is 25.1. The zero-order valence-corrected chi connectivity index (χ0v) is 16.2. The summed E-state index contributed by atoms with van der Waals surface area (Å²) in [5, 5.41) is 0. The first kappa shape index (κ1) is 20.9. The molecule has 2 aliphatic heterocycles. The van der Waals surface area contributed by atoms with Gasteiger partial charge in [0.1, 0.15) is 11.4 Å². The molecule has 1 aromatic rings. The molecule has 28 heavy (non-hydrogen) atoms. The molecule has 0 aromatic heterocycles. The molecule has 2 fully saturated rings. The van der Waals surface area contributed by atoms with Gasteiger partial charge in [0.25, 0.3) is 0 Å². The number of fused-ring (bicyclic) bond motifs is 2. The molecular weight excluding hydrogens is 378 g/mol. The summed E-state index contributed by atoms with van der Waals surface area (Å²) in [7, 11) is 0. The number of hydrogen-bond donors (Lipinski definition) is 0. The SMILES string of the molecule is CC(C)(C)OC(=O)N1C2CCC1CC(OCc1ccc(C(F)(F)F)cc1F)C2. The van der Waals surface area contributed by atoms with Gasteiger partial charge in [-0.25, -0.2) is 9.18 Å². The fraction of sp³-hybridized carbons (Fsp3) is 0.650. The van der Waals surface area contributed by atoms with Crippen molar-refractivity contribution in [2.75, 3.05) is 0 Å². The quantitative estimate of drug-likeness (QED) is 0.644. The molecular formula is C20H25F4NO3. The van der Waals surface area contributed by atoms with Gasteiger partial charge >= 0.3 is 12.3 Å². The van der Waals surface area contributed by atoms with Gasteiger partial charge < -0.3 is 14.4 Å². The molecule has 2 heterocycles. The van der Waals surface area contributed by atoms with Gasteiger partial charge in [-0.05, 0) is 58.6 Å². The van der Waals surface area contributed by atoms with E-state index < -0.39 is 23.2 Å². The lowest BCUT2D eigenvalue weighted by molar-refractivity contribution is -0.137. The number of nitrogens with zero attached hydrogens (tertiary/aromatic N) is 1. The van der Waals surface area contributed by atoms with E-state index in [1.54, 1.807) is 4.90 Å². The molecule has 2 atom stereocenters. The summed E-state index contributed by atoms with van der Waals surface area (Å²) >= 11 is 0. The zero-order chi connectivity index (χ0) is 20.7. The first-order valence-electron chi connectivity index (χ1n) is 9.42. The smallest absolute Gasteiger partial charge is 0.416 e. The number of amides is 1. The molecule has 2 saturated heterocycles. The van der Waals surface area contributed by atoms with Crippen molar-refractivity contribution in [3.63, 3.8) is 0 Å². The van der Waals surface area contributed by atoms with E-state index in [1.165, 1.54) is 0 Å². The van der Waals surface area contributed by atoms with Gasteiger partial charge in [0.2, 0.25) is 0 Å². The highest BCUT2D eigenvalue weighted by Gasteiger charge is 2.45. The van der Waals surface area contributed by atoms with E-state index in [9.17, 15) is 22.4 Å². The van der Waals surface area contributed by atoms with E-state index in [0.717, 1.165) is 25.0 Å². The topological polar surface area (TPSA) is 38.8 Å². The average molecular weight is 403 g/mol. The molecule has 0 saturated carbocycles. The lowest BCUT2D eigenvalue weighted by Gasteiger charge is -2.39. The summed E-state index contributed by atoms with van der Waals surface area (Å²) in [5.74, 6) is -0.927. The Kier molecular flexibility index (Phi) is 5.62. The minimum absolute atomic E-state index is 0.0102. The standard InChI is InChI=1S/C20H25F4NO3/c1-19(2,3)28-18(26)25-14-6-7-15(25)10-16(9-14)27-11-12-4-5-13(8-17(12)21)20(22,23)24/h4-5,8,14-16H,6-7,9-11H2,1-3H3. The van der Waals surface area contributed by atoms with E-state index in [2.05, 4.69) is 0 Å². The molecule has 0 N–H and O–H groups in total. The van der Waals surface area contributed by atoms with Crippen LogP contribution < -0.4 is 0 Å². The van der Waals surface area contributed by atoms with Crippen molar-refractivity contribution in [3.8, 4) is 0 Å². The molecule has 156 valence electrons. The monoisotopic (exact) mass is 403 g/mol. The summed E-state index contributed by atoms with van der Waals surface area (Å²) < 4.78 is 63.1. The highest BCUT2D eigenvalue weighted by molar-refractivity contribution is 5.69. The fourth-order valence-corrected chi connectivity index (χ4v) is 3.92. The van der Waals surface area contributed by atoms with Gasteiger partial charge in [-0.3, -0.25) is 0 Å². The van der Waals surface area contributed by atoms with Crippen LogP contribution in [-0.4, -0.2) is 34.8 Å².